The van der Waals surface area contributed by atoms with Crippen LogP contribution in [0.5, 0.6) is 0 Å². The maximum Gasteiger partial charge on any atom is 0.416 e. The number of rotatable bonds is 5. The van der Waals surface area contributed by atoms with Gasteiger partial charge >= 0.3 is 6.18 Å². The second kappa shape index (κ2) is 10.0. The fourth-order valence-corrected chi connectivity index (χ4v) is 4.57. The normalized spacial score (nSPS) is 16.1. The molecule has 3 heterocycles. The molecule has 0 bridgehead atoms. The van der Waals surface area contributed by atoms with Crippen LogP contribution < -0.4 is 11.0 Å². The summed E-state index contributed by atoms with van der Waals surface area (Å²) in [5.74, 6) is -1.02. The molecule has 10 heteroatoms. The van der Waals surface area contributed by atoms with E-state index in [1.165, 1.54) is 35.7 Å². The molecule has 1 saturated heterocycles. The summed E-state index contributed by atoms with van der Waals surface area (Å²) >= 11 is 0. The number of hydrazine groups is 1. The van der Waals surface area contributed by atoms with Crippen molar-refractivity contribution in [3.05, 3.63) is 82.0 Å². The number of hydrogen-bond acceptors (Lipinski definition) is 4. The molecule has 1 aromatic heterocycles. The summed E-state index contributed by atoms with van der Waals surface area (Å²) in [4.78, 5) is 15.2. The third-order valence-corrected chi connectivity index (χ3v) is 6.42. The predicted octanol–water partition coefficient (Wildman–Crippen LogP) is 5.32. The lowest BCUT2D eigenvalue weighted by atomic mass is 10.0. The highest BCUT2D eigenvalue weighted by atomic mass is 35.5. The number of alkyl halides is 3. The van der Waals surface area contributed by atoms with E-state index in [-0.39, 0.29) is 23.5 Å². The third kappa shape index (κ3) is 5.37. The first-order valence-electron chi connectivity index (χ1n) is 11.2. The Balaban J connectivity index is 0.00000289. The number of halogens is 5. The van der Waals surface area contributed by atoms with E-state index in [1.54, 1.807) is 0 Å². The highest BCUT2D eigenvalue weighted by Crippen LogP contribution is 2.33. The Morgan fingerprint density at radius 2 is 1.71 bits per heavy atom. The Morgan fingerprint density at radius 1 is 0.943 bits per heavy atom. The number of hydrogen-bond donors (Lipinski definition) is 1. The molecule has 0 atom stereocenters. The lowest BCUT2D eigenvalue weighted by Gasteiger charge is -2.20. The molecule has 0 unspecified atom stereocenters. The first-order chi connectivity index (χ1) is 16.3. The van der Waals surface area contributed by atoms with Crippen molar-refractivity contribution in [2.45, 2.75) is 25.6 Å². The molecule has 5 rings (SSSR count). The molecule has 2 aliphatic heterocycles. The summed E-state index contributed by atoms with van der Waals surface area (Å²) in [5, 5.41) is 2.16. The van der Waals surface area contributed by atoms with Gasteiger partial charge < -0.3 is 10.3 Å². The molecular weight excluding hydrogens is 484 g/mol. The van der Waals surface area contributed by atoms with Crippen molar-refractivity contribution in [2.75, 3.05) is 31.6 Å². The van der Waals surface area contributed by atoms with Crippen LogP contribution in [0.3, 0.4) is 0 Å². The summed E-state index contributed by atoms with van der Waals surface area (Å²) in [5.41, 5.74) is 4.86. The van der Waals surface area contributed by atoms with Gasteiger partial charge in [-0.25, -0.2) is 9.40 Å². The van der Waals surface area contributed by atoms with E-state index in [0.717, 1.165) is 56.1 Å². The Kier molecular flexibility index (Phi) is 7.21. The van der Waals surface area contributed by atoms with Crippen molar-refractivity contribution < 1.29 is 17.6 Å². The maximum absolute atomic E-state index is 14.3. The number of aromatic nitrogens is 1. The van der Waals surface area contributed by atoms with Gasteiger partial charge in [-0.05, 0) is 73.5 Å². The molecule has 1 N–H and O–H groups in total. The van der Waals surface area contributed by atoms with E-state index >= 15 is 0 Å². The van der Waals surface area contributed by atoms with E-state index in [1.807, 2.05) is 18.2 Å². The Morgan fingerprint density at radius 3 is 2.40 bits per heavy atom. The number of anilines is 1. The topological polar surface area (TPSA) is 40.5 Å². The number of pyridine rings is 1. The number of benzene rings is 2. The molecule has 2 aromatic carbocycles. The Bertz CT molecular complexity index is 1270. The summed E-state index contributed by atoms with van der Waals surface area (Å²) in [6, 6.07) is 10.8. The van der Waals surface area contributed by atoms with Gasteiger partial charge in [0.1, 0.15) is 5.82 Å². The zero-order chi connectivity index (χ0) is 23.9. The van der Waals surface area contributed by atoms with Gasteiger partial charge in [-0.3, -0.25) is 9.36 Å². The molecule has 0 aliphatic carbocycles. The van der Waals surface area contributed by atoms with Crippen molar-refractivity contribution >= 4 is 18.1 Å². The van der Waals surface area contributed by atoms with E-state index < -0.39 is 23.1 Å². The van der Waals surface area contributed by atoms with Gasteiger partial charge in [0, 0.05) is 43.1 Å². The Labute approximate surface area is 206 Å². The summed E-state index contributed by atoms with van der Waals surface area (Å²) in [6.45, 7) is 4.94. The minimum Gasteiger partial charge on any atom is -0.318 e. The molecule has 1 fully saturated rings. The van der Waals surface area contributed by atoms with Crippen molar-refractivity contribution in [1.82, 2.24) is 14.5 Å². The maximum atomic E-state index is 14.3. The number of nitrogens with one attached hydrogen (secondary N) is 1. The monoisotopic (exact) mass is 508 g/mol. The fourth-order valence-electron chi connectivity index (χ4n) is 4.57. The molecule has 5 nitrogen and oxygen atoms in total. The van der Waals surface area contributed by atoms with E-state index in [4.69, 9.17) is 0 Å². The predicted molar refractivity (Wildman–Crippen MR) is 129 cm³/mol. The van der Waals surface area contributed by atoms with Crippen LogP contribution in [0.15, 0.2) is 59.5 Å². The van der Waals surface area contributed by atoms with Crippen molar-refractivity contribution in [3.8, 4) is 16.8 Å². The zero-order valence-electron chi connectivity index (χ0n) is 18.8. The molecule has 186 valence electrons. The van der Waals surface area contributed by atoms with Crippen LogP contribution in [0.4, 0.5) is 23.2 Å². The van der Waals surface area contributed by atoms with Gasteiger partial charge in [-0.2, -0.15) is 13.2 Å². The SMILES string of the molecule is Cl.O=c1cc(-c2ccc(C(F)(F)F)cc2F)ccn1-c1ccc2c(c1)CN(CCN1CCCC1)N2. The zero-order valence-corrected chi connectivity index (χ0v) is 19.6. The lowest BCUT2D eigenvalue weighted by Crippen LogP contribution is -2.33. The van der Waals surface area contributed by atoms with Crippen LogP contribution in [-0.2, 0) is 12.7 Å². The number of fused-ring (bicyclic) bond motifs is 1. The highest BCUT2D eigenvalue weighted by Gasteiger charge is 2.31. The van der Waals surface area contributed by atoms with E-state index in [2.05, 4.69) is 15.3 Å². The molecule has 0 amide bonds. The minimum absolute atomic E-state index is 0. The van der Waals surface area contributed by atoms with Crippen LogP contribution in [0.25, 0.3) is 16.8 Å². The smallest absolute Gasteiger partial charge is 0.318 e. The summed E-state index contributed by atoms with van der Waals surface area (Å²) in [6.07, 6.45) is -0.592. The molecule has 3 aromatic rings. The molecule has 35 heavy (non-hydrogen) atoms. The largest absolute Gasteiger partial charge is 0.416 e. The van der Waals surface area contributed by atoms with Gasteiger partial charge in [-0.15, -0.1) is 12.4 Å². The molecule has 0 saturated carbocycles. The fraction of sp³-hybridized carbons (Fsp3) is 0.320. The van der Waals surface area contributed by atoms with Gasteiger partial charge in [0.15, 0.2) is 0 Å². The van der Waals surface area contributed by atoms with Crippen LogP contribution in [0.2, 0.25) is 0 Å². The molecule has 0 radical (unpaired) electrons. The summed E-state index contributed by atoms with van der Waals surface area (Å²) < 4.78 is 54.2. The highest BCUT2D eigenvalue weighted by molar-refractivity contribution is 5.85. The summed E-state index contributed by atoms with van der Waals surface area (Å²) in [7, 11) is 0. The van der Waals surface area contributed by atoms with E-state index in [0.29, 0.717) is 11.8 Å². The average Bonchev–Trinajstić information content (AvgIpc) is 3.46. The number of nitrogens with zero attached hydrogens (tertiary/aromatic N) is 3. The van der Waals surface area contributed by atoms with Gasteiger partial charge in [0.2, 0.25) is 0 Å². The molecule has 0 spiro atoms. The Hall–Kier alpha value is -2.88. The number of likely N-dealkylation sites (tertiary alicyclic amines) is 1. The third-order valence-electron chi connectivity index (χ3n) is 6.42. The quantitative estimate of drug-likeness (QED) is 0.473. The average molecular weight is 509 g/mol. The van der Waals surface area contributed by atoms with Gasteiger partial charge in [0.05, 0.1) is 11.3 Å². The van der Waals surface area contributed by atoms with Crippen molar-refractivity contribution in [3.63, 3.8) is 0 Å². The van der Waals surface area contributed by atoms with Crippen LogP contribution in [0, 0.1) is 5.82 Å². The van der Waals surface area contributed by atoms with Crippen LogP contribution in [0.1, 0.15) is 24.0 Å². The van der Waals surface area contributed by atoms with Gasteiger partial charge in [0.25, 0.3) is 5.56 Å². The first-order valence-corrected chi connectivity index (χ1v) is 11.2. The standard InChI is InChI=1S/C25H24F4N4O.ClH/c26-22-15-19(25(27,28)29)3-5-21(22)17-7-10-33(24(34)14-17)20-4-6-23-18(13-20)16-32(30-23)12-11-31-8-1-2-9-31;/h3-7,10,13-15,30H,1-2,8-9,11-12,16H2;1H. The van der Waals surface area contributed by atoms with Crippen molar-refractivity contribution in [2.24, 2.45) is 0 Å². The molecular formula is C25H25ClF4N4O. The first kappa shape index (κ1) is 25.2. The van der Waals surface area contributed by atoms with Crippen LogP contribution >= 0.6 is 12.4 Å². The van der Waals surface area contributed by atoms with Crippen molar-refractivity contribution in [1.29, 1.82) is 0 Å². The van der Waals surface area contributed by atoms with Crippen LogP contribution in [-0.4, -0.2) is 40.7 Å². The van der Waals surface area contributed by atoms with E-state index in [9.17, 15) is 22.4 Å². The second-order valence-electron chi connectivity index (χ2n) is 8.74. The minimum atomic E-state index is -4.63. The lowest BCUT2D eigenvalue weighted by molar-refractivity contribution is -0.137. The molecule has 2 aliphatic rings. The van der Waals surface area contributed by atoms with Gasteiger partial charge in [-0.1, -0.05) is 6.07 Å². The second-order valence-corrected chi connectivity index (χ2v) is 8.74.